The average Bonchev–Trinajstić information content (AvgIpc) is 3.26. The minimum Gasteiger partial charge on any atom is -0.465 e. The molecule has 0 fully saturated rings. The lowest BCUT2D eigenvalue weighted by Crippen LogP contribution is -2.13. The second-order valence-corrected chi connectivity index (χ2v) is 6.38. The van der Waals surface area contributed by atoms with Gasteiger partial charge in [0.15, 0.2) is 5.69 Å². The maximum Gasteiger partial charge on any atom is 0.359 e. The molecule has 0 radical (unpaired) electrons. The molecule has 0 aliphatic heterocycles. The zero-order valence-corrected chi connectivity index (χ0v) is 15.2. The summed E-state index contributed by atoms with van der Waals surface area (Å²) in [5.41, 5.74) is 6.71. The van der Waals surface area contributed by atoms with E-state index in [2.05, 4.69) is 10.2 Å². The van der Waals surface area contributed by atoms with Crippen LogP contribution >= 0.6 is 11.3 Å². The number of ether oxygens (including phenoxy) is 3. The standard InChI is InChI=1S/C17H15N3O6S/c1-24-15(21)11-9(13(17(23)25-2)27-14(11)18)7-26-16(22)12-8-5-3-4-6-10(8)19-20-12/h3-6H,7,18H2,1-2H3,(H,19,20). The van der Waals surface area contributed by atoms with E-state index in [0.717, 1.165) is 11.3 Å². The van der Waals surface area contributed by atoms with Gasteiger partial charge in [-0.05, 0) is 6.07 Å². The molecule has 0 atom stereocenters. The number of benzene rings is 1. The number of nitrogens with zero attached hydrogens (tertiary/aromatic N) is 1. The topological polar surface area (TPSA) is 134 Å². The van der Waals surface area contributed by atoms with Crippen molar-refractivity contribution < 1.29 is 28.6 Å². The third kappa shape index (κ3) is 3.34. The second-order valence-electron chi connectivity index (χ2n) is 5.33. The van der Waals surface area contributed by atoms with Crippen molar-refractivity contribution in [2.24, 2.45) is 0 Å². The number of hydrogen-bond acceptors (Lipinski definition) is 9. The smallest absolute Gasteiger partial charge is 0.359 e. The molecule has 3 rings (SSSR count). The van der Waals surface area contributed by atoms with Crippen LogP contribution in [0.3, 0.4) is 0 Å². The highest BCUT2D eigenvalue weighted by atomic mass is 32.1. The Bertz CT molecular complexity index is 1040. The van der Waals surface area contributed by atoms with E-state index in [-0.39, 0.29) is 33.3 Å². The molecule has 27 heavy (non-hydrogen) atoms. The second kappa shape index (κ2) is 7.46. The highest BCUT2D eigenvalue weighted by molar-refractivity contribution is 7.18. The van der Waals surface area contributed by atoms with Gasteiger partial charge in [-0.2, -0.15) is 5.10 Å². The van der Waals surface area contributed by atoms with Gasteiger partial charge in [0.05, 0.1) is 19.7 Å². The fourth-order valence-corrected chi connectivity index (χ4v) is 3.51. The molecule has 140 valence electrons. The zero-order chi connectivity index (χ0) is 19.6. The van der Waals surface area contributed by atoms with Gasteiger partial charge in [-0.1, -0.05) is 18.2 Å². The first-order chi connectivity index (χ1) is 13.0. The van der Waals surface area contributed by atoms with E-state index in [1.807, 2.05) is 0 Å². The van der Waals surface area contributed by atoms with Crippen molar-refractivity contribution >= 4 is 45.1 Å². The number of esters is 3. The lowest BCUT2D eigenvalue weighted by atomic mass is 10.1. The van der Waals surface area contributed by atoms with Gasteiger partial charge in [-0.25, -0.2) is 14.4 Å². The number of methoxy groups -OCH3 is 2. The van der Waals surface area contributed by atoms with E-state index in [9.17, 15) is 14.4 Å². The van der Waals surface area contributed by atoms with Gasteiger partial charge in [0, 0.05) is 10.9 Å². The number of nitrogens with two attached hydrogens (primary N) is 1. The van der Waals surface area contributed by atoms with Crippen molar-refractivity contribution in [1.82, 2.24) is 10.2 Å². The zero-order valence-electron chi connectivity index (χ0n) is 14.4. The summed E-state index contributed by atoms with van der Waals surface area (Å²) < 4.78 is 14.7. The summed E-state index contributed by atoms with van der Waals surface area (Å²) in [6, 6.07) is 7.05. The van der Waals surface area contributed by atoms with Gasteiger partial charge < -0.3 is 19.9 Å². The third-order valence-electron chi connectivity index (χ3n) is 3.81. The monoisotopic (exact) mass is 389 g/mol. The fraction of sp³-hybridized carbons (Fsp3) is 0.176. The molecule has 3 aromatic rings. The summed E-state index contributed by atoms with van der Waals surface area (Å²) in [5, 5.41) is 7.35. The number of fused-ring (bicyclic) bond motifs is 1. The van der Waals surface area contributed by atoms with E-state index in [1.54, 1.807) is 24.3 Å². The van der Waals surface area contributed by atoms with E-state index in [4.69, 9.17) is 19.9 Å². The molecule has 0 aliphatic rings. The Labute approximate surface area is 157 Å². The van der Waals surface area contributed by atoms with Crippen LogP contribution in [0.1, 0.15) is 36.1 Å². The van der Waals surface area contributed by atoms with Crippen molar-refractivity contribution in [2.75, 3.05) is 20.0 Å². The van der Waals surface area contributed by atoms with Crippen molar-refractivity contribution in [1.29, 1.82) is 0 Å². The highest BCUT2D eigenvalue weighted by Gasteiger charge is 2.28. The Morgan fingerprint density at radius 2 is 1.81 bits per heavy atom. The van der Waals surface area contributed by atoms with Gasteiger partial charge in [-0.15, -0.1) is 11.3 Å². The molecule has 0 aliphatic carbocycles. The summed E-state index contributed by atoms with van der Waals surface area (Å²) in [6.45, 7) is -0.372. The summed E-state index contributed by atoms with van der Waals surface area (Å²) in [5.74, 6) is -2.16. The van der Waals surface area contributed by atoms with Crippen molar-refractivity contribution in [2.45, 2.75) is 6.61 Å². The largest absolute Gasteiger partial charge is 0.465 e. The van der Waals surface area contributed by atoms with Gasteiger partial charge >= 0.3 is 17.9 Å². The summed E-state index contributed by atoms with van der Waals surface area (Å²) in [7, 11) is 2.38. The molecule has 0 amide bonds. The molecular formula is C17H15N3O6S. The Kier molecular flexibility index (Phi) is 5.08. The number of aromatic nitrogens is 2. The van der Waals surface area contributed by atoms with Crippen LogP contribution in [0.15, 0.2) is 24.3 Å². The molecule has 0 bridgehead atoms. The number of nitrogen functional groups attached to an aromatic ring is 1. The normalized spacial score (nSPS) is 10.6. The lowest BCUT2D eigenvalue weighted by molar-refractivity contribution is 0.0448. The number of H-pyrrole nitrogens is 1. The molecule has 0 unspecified atom stereocenters. The molecule has 2 aromatic heterocycles. The van der Waals surface area contributed by atoms with E-state index in [0.29, 0.717) is 10.9 Å². The number of para-hydroxylation sites is 1. The Morgan fingerprint density at radius 1 is 1.11 bits per heavy atom. The van der Waals surface area contributed by atoms with E-state index in [1.165, 1.54) is 14.2 Å². The first-order valence-corrected chi connectivity index (χ1v) is 8.47. The molecule has 0 spiro atoms. The molecule has 9 nitrogen and oxygen atoms in total. The molecule has 10 heteroatoms. The summed E-state index contributed by atoms with van der Waals surface area (Å²) >= 11 is 0.858. The Hall–Kier alpha value is -3.40. The Balaban J connectivity index is 1.91. The van der Waals surface area contributed by atoms with Crippen molar-refractivity contribution in [3.05, 3.63) is 46.0 Å². The third-order valence-corrected chi connectivity index (χ3v) is 4.85. The highest BCUT2D eigenvalue weighted by Crippen LogP contribution is 2.33. The minimum absolute atomic E-state index is 0.0254. The lowest BCUT2D eigenvalue weighted by Gasteiger charge is -2.07. The predicted octanol–water partition coefficient (Wildman–Crippen LogP) is 2.14. The maximum atomic E-state index is 12.4. The van der Waals surface area contributed by atoms with Crippen LogP contribution in [0.4, 0.5) is 5.00 Å². The van der Waals surface area contributed by atoms with Crippen molar-refractivity contribution in [3.63, 3.8) is 0 Å². The van der Waals surface area contributed by atoms with Gasteiger partial charge in [0.2, 0.25) is 0 Å². The molecule has 2 heterocycles. The number of anilines is 1. The van der Waals surface area contributed by atoms with Gasteiger partial charge in [0.1, 0.15) is 22.0 Å². The van der Waals surface area contributed by atoms with Gasteiger partial charge in [-0.3, -0.25) is 5.10 Å². The summed E-state index contributed by atoms with van der Waals surface area (Å²) in [6.07, 6.45) is 0. The number of thiophene rings is 1. The SMILES string of the molecule is COC(=O)c1sc(N)c(C(=O)OC)c1COC(=O)c1n[nH]c2ccccc12. The Morgan fingerprint density at radius 3 is 2.52 bits per heavy atom. The molecular weight excluding hydrogens is 374 g/mol. The number of carbonyl (C=O) groups is 3. The average molecular weight is 389 g/mol. The van der Waals surface area contributed by atoms with Crippen LogP contribution in [-0.4, -0.2) is 42.3 Å². The predicted molar refractivity (Wildman–Crippen MR) is 96.6 cm³/mol. The number of hydrogen-bond donors (Lipinski definition) is 2. The quantitative estimate of drug-likeness (QED) is 0.501. The molecule has 1 aromatic carbocycles. The maximum absolute atomic E-state index is 12.4. The van der Waals surface area contributed by atoms with Gasteiger partial charge in [0.25, 0.3) is 0 Å². The van der Waals surface area contributed by atoms with Crippen molar-refractivity contribution in [3.8, 4) is 0 Å². The number of aromatic amines is 1. The molecule has 0 saturated heterocycles. The van der Waals surface area contributed by atoms with E-state index < -0.39 is 17.9 Å². The van der Waals surface area contributed by atoms with Crippen LogP contribution in [0, 0.1) is 0 Å². The van der Waals surface area contributed by atoms with Crippen LogP contribution < -0.4 is 5.73 Å². The van der Waals surface area contributed by atoms with Crippen LogP contribution in [-0.2, 0) is 20.8 Å². The number of carbonyl (C=O) groups excluding carboxylic acids is 3. The van der Waals surface area contributed by atoms with Crippen LogP contribution in [0.2, 0.25) is 0 Å². The van der Waals surface area contributed by atoms with E-state index >= 15 is 0 Å². The number of nitrogens with one attached hydrogen (secondary N) is 1. The van der Waals surface area contributed by atoms with Crippen LogP contribution in [0.5, 0.6) is 0 Å². The fourth-order valence-electron chi connectivity index (χ4n) is 2.53. The summed E-state index contributed by atoms with van der Waals surface area (Å²) in [4.78, 5) is 36.5. The molecule has 0 saturated carbocycles. The first-order valence-electron chi connectivity index (χ1n) is 7.65. The number of rotatable bonds is 5. The minimum atomic E-state index is -0.741. The van der Waals surface area contributed by atoms with Crippen LogP contribution in [0.25, 0.3) is 10.9 Å². The molecule has 3 N–H and O–H groups in total. The first kappa shape index (κ1) is 18.4.